The number of quaternary nitrogens is 1. The largest absolute Gasteiger partial charge is 0.550 e. The molecule has 1 aliphatic heterocycles. The Bertz CT molecular complexity index is 493. The number of aliphatic carboxylic acids is 1. The average molecular weight is 266 g/mol. The minimum atomic E-state index is -1.27. The van der Waals surface area contributed by atoms with Crippen LogP contribution in [0.15, 0.2) is 24.3 Å². The molecule has 19 heavy (non-hydrogen) atoms. The summed E-state index contributed by atoms with van der Waals surface area (Å²) in [6.07, 6.45) is -0.352. The summed E-state index contributed by atoms with van der Waals surface area (Å²) in [5.41, 5.74) is 0.482. The zero-order chi connectivity index (χ0) is 13.8. The molecule has 1 saturated heterocycles. The van der Waals surface area contributed by atoms with Crippen molar-refractivity contribution >= 4 is 11.9 Å². The smallest absolute Gasteiger partial charge is 0.278 e. The van der Waals surface area contributed by atoms with Gasteiger partial charge in [-0.2, -0.15) is 0 Å². The summed E-state index contributed by atoms with van der Waals surface area (Å²) in [4.78, 5) is 23.1. The third kappa shape index (κ3) is 3.29. The maximum atomic E-state index is 13.6. The van der Waals surface area contributed by atoms with Crippen LogP contribution in [-0.4, -0.2) is 31.0 Å². The Morgan fingerprint density at radius 2 is 2.21 bits per heavy atom. The monoisotopic (exact) mass is 266 g/mol. The minimum absolute atomic E-state index is 0.290. The van der Waals surface area contributed by atoms with Crippen LogP contribution in [0.1, 0.15) is 12.0 Å². The molecule has 1 fully saturated rings. The number of hydrogen-bond acceptors (Lipinski definition) is 3. The number of rotatable bonds is 4. The number of hydrogen-bond donors (Lipinski definition) is 2. The first-order chi connectivity index (χ1) is 9.08. The van der Waals surface area contributed by atoms with Crippen LogP contribution in [0.3, 0.4) is 0 Å². The molecule has 5 nitrogen and oxygen atoms in total. The number of halogens is 1. The van der Waals surface area contributed by atoms with Crippen LogP contribution in [0.4, 0.5) is 4.39 Å². The fraction of sp³-hybridized carbons (Fsp3) is 0.385. The van der Waals surface area contributed by atoms with E-state index in [4.69, 9.17) is 0 Å². The van der Waals surface area contributed by atoms with E-state index >= 15 is 0 Å². The molecule has 0 bridgehead atoms. The Labute approximate surface area is 110 Å². The van der Waals surface area contributed by atoms with E-state index < -0.39 is 12.0 Å². The van der Waals surface area contributed by atoms with Gasteiger partial charge in [0.15, 0.2) is 6.04 Å². The predicted octanol–water partition coefficient (Wildman–Crippen LogP) is -2.15. The van der Waals surface area contributed by atoms with E-state index in [0.29, 0.717) is 18.7 Å². The number of carboxylic acids is 1. The Hall–Kier alpha value is -1.95. The topological polar surface area (TPSA) is 73.7 Å². The maximum Gasteiger partial charge on any atom is 0.278 e. The van der Waals surface area contributed by atoms with Crippen molar-refractivity contribution in [1.29, 1.82) is 0 Å². The van der Waals surface area contributed by atoms with Crippen molar-refractivity contribution in [2.45, 2.75) is 19.0 Å². The summed E-state index contributed by atoms with van der Waals surface area (Å²) in [7, 11) is 0. The fourth-order valence-corrected chi connectivity index (χ4v) is 2.33. The van der Waals surface area contributed by atoms with E-state index in [9.17, 15) is 19.1 Å². The first kappa shape index (κ1) is 13.5. The van der Waals surface area contributed by atoms with Gasteiger partial charge in [-0.3, -0.25) is 4.79 Å². The van der Waals surface area contributed by atoms with E-state index in [1.807, 2.05) is 0 Å². The van der Waals surface area contributed by atoms with Gasteiger partial charge in [0.25, 0.3) is 5.91 Å². The zero-order valence-electron chi connectivity index (χ0n) is 10.3. The van der Waals surface area contributed by atoms with Crippen LogP contribution in [0.5, 0.6) is 0 Å². The molecule has 1 aromatic rings. The van der Waals surface area contributed by atoms with Crippen molar-refractivity contribution in [3.05, 3.63) is 35.6 Å². The van der Waals surface area contributed by atoms with Crippen LogP contribution in [-0.2, 0) is 16.1 Å². The second-order valence-electron chi connectivity index (χ2n) is 4.60. The van der Waals surface area contributed by atoms with Crippen LogP contribution >= 0.6 is 0 Å². The van der Waals surface area contributed by atoms with Gasteiger partial charge < -0.3 is 20.1 Å². The molecule has 1 amide bonds. The number of benzene rings is 1. The molecule has 2 N–H and O–H groups in total. The summed E-state index contributed by atoms with van der Waals surface area (Å²) in [5.74, 6) is -1.93. The molecule has 6 heteroatoms. The number of carbonyl (C=O) groups is 2. The highest BCUT2D eigenvalue weighted by molar-refractivity contribution is 5.84. The molecule has 1 heterocycles. The Kier molecular flexibility index (Phi) is 4.11. The van der Waals surface area contributed by atoms with Crippen molar-refractivity contribution in [3.63, 3.8) is 0 Å². The summed E-state index contributed by atoms with van der Waals surface area (Å²) < 4.78 is 13.6. The van der Waals surface area contributed by atoms with Crippen molar-refractivity contribution in [2.75, 3.05) is 13.1 Å². The van der Waals surface area contributed by atoms with Gasteiger partial charge in [0.1, 0.15) is 12.4 Å². The first-order valence-electron chi connectivity index (χ1n) is 6.13. The van der Waals surface area contributed by atoms with Gasteiger partial charge in [-0.1, -0.05) is 18.2 Å². The maximum absolute atomic E-state index is 13.6. The van der Waals surface area contributed by atoms with Crippen molar-refractivity contribution < 1.29 is 24.0 Å². The highest BCUT2D eigenvalue weighted by Gasteiger charge is 2.33. The van der Waals surface area contributed by atoms with Gasteiger partial charge in [0.2, 0.25) is 0 Å². The third-order valence-electron chi connectivity index (χ3n) is 3.30. The van der Waals surface area contributed by atoms with Gasteiger partial charge in [-0.05, 0) is 6.07 Å². The second-order valence-corrected chi connectivity index (χ2v) is 4.60. The van der Waals surface area contributed by atoms with Crippen LogP contribution in [0.25, 0.3) is 0 Å². The molecule has 0 spiro atoms. The molecule has 2 atom stereocenters. The van der Waals surface area contributed by atoms with E-state index in [-0.39, 0.29) is 24.7 Å². The number of piperazine rings is 1. The molecule has 0 aliphatic carbocycles. The number of carbonyl (C=O) groups excluding carboxylic acids is 2. The summed E-state index contributed by atoms with van der Waals surface area (Å²) in [6.45, 7) is 1.32. The van der Waals surface area contributed by atoms with Crippen LogP contribution < -0.4 is 15.3 Å². The summed E-state index contributed by atoms with van der Waals surface area (Å²) in [5, 5.41) is 13.3. The molecule has 0 saturated carbocycles. The molecular weight excluding hydrogens is 251 g/mol. The highest BCUT2D eigenvalue weighted by Crippen LogP contribution is 2.05. The highest BCUT2D eigenvalue weighted by atomic mass is 19.1. The lowest BCUT2D eigenvalue weighted by molar-refractivity contribution is -0.931. The zero-order valence-corrected chi connectivity index (χ0v) is 10.3. The van der Waals surface area contributed by atoms with Crippen LogP contribution in [0, 0.1) is 5.82 Å². The Morgan fingerprint density at radius 3 is 2.89 bits per heavy atom. The Balaban J connectivity index is 2.14. The molecule has 1 aromatic carbocycles. The Morgan fingerprint density at radius 1 is 1.47 bits per heavy atom. The second kappa shape index (κ2) is 5.79. The molecule has 1 aliphatic rings. The quantitative estimate of drug-likeness (QED) is 0.652. The molecule has 102 valence electrons. The molecule has 0 aromatic heterocycles. The minimum Gasteiger partial charge on any atom is -0.550 e. The number of carboxylic acid groups (broad SMARTS) is 1. The van der Waals surface area contributed by atoms with Crippen molar-refractivity contribution in [2.24, 2.45) is 0 Å². The van der Waals surface area contributed by atoms with Gasteiger partial charge in [0.05, 0.1) is 13.1 Å². The molecule has 0 radical (unpaired) electrons. The third-order valence-corrected chi connectivity index (χ3v) is 3.30. The standard InChI is InChI=1S/C13H15FN2O3/c14-10-4-2-1-3-9(10)8-16-6-5-15-13(19)11(16)7-12(17)18/h1-4,11H,5-8H2,(H,15,19)(H,17,18)/t11-/m0/s1. The lowest BCUT2D eigenvalue weighted by atomic mass is 10.1. The van der Waals surface area contributed by atoms with E-state index in [2.05, 4.69) is 5.32 Å². The average Bonchev–Trinajstić information content (AvgIpc) is 2.36. The van der Waals surface area contributed by atoms with Gasteiger partial charge in [-0.25, -0.2) is 4.39 Å². The van der Waals surface area contributed by atoms with E-state index in [0.717, 1.165) is 4.90 Å². The lowest BCUT2D eigenvalue weighted by Gasteiger charge is -2.32. The first-order valence-corrected chi connectivity index (χ1v) is 6.13. The van der Waals surface area contributed by atoms with E-state index in [1.165, 1.54) is 6.07 Å². The lowest BCUT2D eigenvalue weighted by Crippen LogP contribution is -3.18. The molecule has 2 rings (SSSR count). The normalized spacial score (nSPS) is 22.9. The van der Waals surface area contributed by atoms with Gasteiger partial charge >= 0.3 is 0 Å². The van der Waals surface area contributed by atoms with E-state index in [1.54, 1.807) is 18.2 Å². The van der Waals surface area contributed by atoms with Crippen molar-refractivity contribution in [1.82, 2.24) is 5.32 Å². The van der Waals surface area contributed by atoms with Gasteiger partial charge in [0, 0.05) is 18.0 Å². The summed E-state index contributed by atoms with van der Waals surface area (Å²) >= 11 is 0. The van der Waals surface area contributed by atoms with Gasteiger partial charge in [-0.15, -0.1) is 0 Å². The molecule has 1 unspecified atom stereocenters. The fourth-order valence-electron chi connectivity index (χ4n) is 2.33. The van der Waals surface area contributed by atoms with Crippen LogP contribution in [0.2, 0.25) is 0 Å². The number of amides is 1. The predicted molar refractivity (Wildman–Crippen MR) is 62.4 cm³/mol. The van der Waals surface area contributed by atoms with Crippen molar-refractivity contribution in [3.8, 4) is 0 Å². The summed E-state index contributed by atoms with van der Waals surface area (Å²) in [6, 6.07) is 5.58. The SMILES string of the molecule is O=C([O-])C[C@H]1C(=O)NCC[NH+]1Cc1ccccc1F. The molecular formula is C13H15FN2O3. The number of nitrogens with one attached hydrogen (secondary N) is 2.